The molecule has 44 heavy (non-hydrogen) atoms. The Balaban J connectivity index is 0.000000143. The van der Waals surface area contributed by atoms with Gasteiger partial charge in [0, 0.05) is 7.11 Å². The van der Waals surface area contributed by atoms with E-state index < -0.39 is 0 Å². The number of rotatable bonds is 3. The lowest BCUT2D eigenvalue weighted by molar-refractivity contribution is 0.0695. The van der Waals surface area contributed by atoms with Gasteiger partial charge < -0.3 is 4.74 Å². The summed E-state index contributed by atoms with van der Waals surface area (Å²) in [5.74, 6) is 0.571. The van der Waals surface area contributed by atoms with E-state index in [-0.39, 0.29) is 6.10 Å². The third-order valence-corrected chi connectivity index (χ3v) is 10.6. The number of ether oxygens (including phenoxy) is 1. The van der Waals surface area contributed by atoms with E-state index in [1.807, 2.05) is 7.11 Å². The average Bonchev–Trinajstić information content (AvgIpc) is 3.74. The predicted octanol–water partition coefficient (Wildman–Crippen LogP) is 10.8. The van der Waals surface area contributed by atoms with Crippen LogP contribution in [0.15, 0.2) is 54.1 Å². The molecule has 0 radical (unpaired) electrons. The van der Waals surface area contributed by atoms with E-state index in [1.165, 1.54) is 94.2 Å². The maximum absolute atomic E-state index is 5.85. The highest BCUT2D eigenvalue weighted by molar-refractivity contribution is 5.82. The number of hydrogen-bond donors (Lipinski definition) is 0. The number of aryl methyl sites for hydroxylation is 6. The molecule has 0 amide bonds. The summed E-state index contributed by atoms with van der Waals surface area (Å²) in [6, 6.07) is 18.9. The smallest absolute Gasteiger partial charge is 0.0852 e. The van der Waals surface area contributed by atoms with Gasteiger partial charge in [0.15, 0.2) is 0 Å². The van der Waals surface area contributed by atoms with Crippen LogP contribution in [-0.2, 0) is 43.3 Å². The summed E-state index contributed by atoms with van der Waals surface area (Å²) in [6.07, 6.45) is 12.5. The van der Waals surface area contributed by atoms with E-state index in [1.54, 1.807) is 38.9 Å². The maximum atomic E-state index is 5.85. The molecule has 8 rings (SSSR count). The second kappa shape index (κ2) is 11.5. The second-order valence-corrected chi connectivity index (χ2v) is 14.4. The van der Waals surface area contributed by atoms with Gasteiger partial charge in [-0.05, 0) is 159 Å². The Labute approximate surface area is 265 Å². The first-order valence-electron chi connectivity index (χ1n) is 16.9. The highest BCUT2D eigenvalue weighted by Gasteiger charge is 2.34. The van der Waals surface area contributed by atoms with Crippen molar-refractivity contribution in [2.75, 3.05) is 7.11 Å². The minimum Gasteiger partial charge on any atom is -0.376 e. The van der Waals surface area contributed by atoms with Gasteiger partial charge in [0.1, 0.15) is 0 Å². The fraction of sp³-hybridized carbons (Fsp3) is 0.395. The van der Waals surface area contributed by atoms with Crippen LogP contribution >= 0.6 is 0 Å². The summed E-state index contributed by atoms with van der Waals surface area (Å²) in [5, 5.41) is 0. The largest absolute Gasteiger partial charge is 0.376 e. The van der Waals surface area contributed by atoms with Gasteiger partial charge in [0.05, 0.1) is 6.10 Å². The highest BCUT2D eigenvalue weighted by Crippen LogP contribution is 2.47. The van der Waals surface area contributed by atoms with E-state index >= 15 is 0 Å². The van der Waals surface area contributed by atoms with E-state index in [9.17, 15) is 0 Å². The Morgan fingerprint density at radius 2 is 1.11 bits per heavy atom. The topological polar surface area (TPSA) is 9.23 Å². The minimum atomic E-state index is 0.264. The SMILES string of the molecule is CC1=Cc2cc3c(c(-c4cc(C)cc(C)c4)c2C1)CCC3.COC1c2cc3c(c(-c4cc(C)cc(C)c4)c2CC1C)CCC3. The molecule has 4 aliphatic carbocycles. The van der Waals surface area contributed by atoms with Crippen molar-refractivity contribution in [1.82, 2.24) is 0 Å². The Morgan fingerprint density at radius 1 is 0.591 bits per heavy atom. The molecule has 0 N–H and O–H groups in total. The molecule has 4 aliphatic rings. The van der Waals surface area contributed by atoms with Gasteiger partial charge in [-0.2, -0.15) is 0 Å². The molecule has 2 unspecified atom stereocenters. The van der Waals surface area contributed by atoms with Crippen molar-refractivity contribution in [3.8, 4) is 22.3 Å². The van der Waals surface area contributed by atoms with Crippen LogP contribution < -0.4 is 0 Å². The van der Waals surface area contributed by atoms with Crippen LogP contribution in [0.1, 0.15) is 99.6 Å². The monoisotopic (exact) mass is 580 g/mol. The first-order chi connectivity index (χ1) is 21.2. The molecule has 0 aliphatic heterocycles. The molecule has 0 fully saturated rings. The summed E-state index contributed by atoms with van der Waals surface area (Å²) in [7, 11) is 1.86. The number of methoxy groups -OCH3 is 1. The van der Waals surface area contributed by atoms with E-state index in [4.69, 9.17) is 4.74 Å². The minimum absolute atomic E-state index is 0.264. The van der Waals surface area contributed by atoms with Gasteiger partial charge in [-0.1, -0.05) is 89.4 Å². The van der Waals surface area contributed by atoms with Gasteiger partial charge in [0.2, 0.25) is 0 Å². The number of hydrogen-bond acceptors (Lipinski definition) is 1. The molecule has 0 saturated heterocycles. The number of allylic oxidation sites excluding steroid dienone is 1. The second-order valence-electron chi connectivity index (χ2n) is 14.4. The quantitative estimate of drug-likeness (QED) is 0.234. The zero-order valence-corrected chi connectivity index (χ0v) is 27.9. The summed E-state index contributed by atoms with van der Waals surface area (Å²) in [5.41, 5.74) is 25.3. The summed E-state index contributed by atoms with van der Waals surface area (Å²) in [4.78, 5) is 0. The lowest BCUT2D eigenvalue weighted by atomic mass is 9.88. The first kappa shape index (κ1) is 29.3. The van der Waals surface area contributed by atoms with Crippen molar-refractivity contribution in [1.29, 1.82) is 0 Å². The molecule has 0 bridgehead atoms. The molecule has 0 spiro atoms. The molecule has 0 heterocycles. The van der Waals surface area contributed by atoms with Crippen molar-refractivity contribution in [2.45, 2.75) is 99.0 Å². The average molecular weight is 581 g/mol. The van der Waals surface area contributed by atoms with Crippen molar-refractivity contribution in [3.63, 3.8) is 0 Å². The molecule has 226 valence electrons. The Bertz CT molecular complexity index is 1780. The number of fused-ring (bicyclic) bond motifs is 4. The predicted molar refractivity (Wildman–Crippen MR) is 187 cm³/mol. The molecule has 0 aromatic heterocycles. The summed E-state index contributed by atoms with van der Waals surface area (Å²) in [6.45, 7) is 13.4. The van der Waals surface area contributed by atoms with Gasteiger partial charge in [-0.15, -0.1) is 0 Å². The molecular formula is C43H48O. The third-order valence-electron chi connectivity index (χ3n) is 10.6. The molecular weight excluding hydrogens is 532 g/mol. The Morgan fingerprint density at radius 3 is 1.66 bits per heavy atom. The van der Waals surface area contributed by atoms with Gasteiger partial charge >= 0.3 is 0 Å². The molecule has 1 heteroatoms. The Hall–Kier alpha value is -3.42. The van der Waals surface area contributed by atoms with Gasteiger partial charge in [0.25, 0.3) is 0 Å². The van der Waals surface area contributed by atoms with Crippen LogP contribution in [0.5, 0.6) is 0 Å². The third kappa shape index (κ3) is 5.18. The normalized spacial score (nSPS) is 19.2. The van der Waals surface area contributed by atoms with Crippen molar-refractivity contribution in [2.24, 2.45) is 5.92 Å². The lowest BCUT2D eigenvalue weighted by Crippen LogP contribution is -2.05. The Kier molecular flexibility index (Phi) is 7.66. The van der Waals surface area contributed by atoms with Crippen LogP contribution in [0.3, 0.4) is 0 Å². The van der Waals surface area contributed by atoms with E-state index in [0.717, 1.165) is 12.8 Å². The fourth-order valence-corrected chi connectivity index (χ4v) is 9.04. The van der Waals surface area contributed by atoms with Crippen LogP contribution in [0.25, 0.3) is 28.3 Å². The fourth-order valence-electron chi connectivity index (χ4n) is 9.04. The molecule has 1 nitrogen and oxygen atoms in total. The van der Waals surface area contributed by atoms with Crippen molar-refractivity contribution < 1.29 is 4.74 Å². The molecule has 4 aromatic rings. The van der Waals surface area contributed by atoms with Gasteiger partial charge in [-0.3, -0.25) is 0 Å². The maximum Gasteiger partial charge on any atom is 0.0852 e. The van der Waals surface area contributed by atoms with Crippen LogP contribution in [0.2, 0.25) is 0 Å². The van der Waals surface area contributed by atoms with Crippen LogP contribution in [0, 0.1) is 33.6 Å². The summed E-state index contributed by atoms with van der Waals surface area (Å²) >= 11 is 0. The van der Waals surface area contributed by atoms with Crippen molar-refractivity contribution >= 4 is 6.08 Å². The lowest BCUT2D eigenvalue weighted by Gasteiger charge is -2.18. The zero-order valence-electron chi connectivity index (χ0n) is 27.9. The van der Waals surface area contributed by atoms with Crippen LogP contribution in [0.4, 0.5) is 0 Å². The van der Waals surface area contributed by atoms with E-state index in [0.29, 0.717) is 5.92 Å². The summed E-state index contributed by atoms with van der Waals surface area (Å²) < 4.78 is 5.85. The highest BCUT2D eigenvalue weighted by atomic mass is 16.5. The molecule has 4 aromatic carbocycles. The molecule has 0 saturated carbocycles. The van der Waals surface area contributed by atoms with Crippen LogP contribution in [-0.4, -0.2) is 7.11 Å². The first-order valence-corrected chi connectivity index (χ1v) is 16.9. The number of benzene rings is 4. The standard InChI is InChI=1S/C22H26O.C21H22/c1-13-8-14(2)10-17(9-13)21-18-7-5-6-16(18)12-20-19(21)11-15(3)22(20)23-4;1-13-7-14(2)10-18(9-13)21-19-6-4-5-16(19)12-17-8-15(3)11-20(17)21/h8-10,12,15,22H,5-7,11H2,1-4H3;7-10,12H,4-6,11H2,1-3H3. The zero-order chi connectivity index (χ0) is 30.7. The van der Waals surface area contributed by atoms with E-state index in [2.05, 4.69) is 96.1 Å². The van der Waals surface area contributed by atoms with Gasteiger partial charge in [-0.25, -0.2) is 0 Å². The molecule has 2 atom stereocenters. The van der Waals surface area contributed by atoms with Crippen molar-refractivity contribution in [3.05, 3.63) is 121 Å².